The molecule has 0 spiro atoms. The number of fused-ring (bicyclic) bond motifs is 1. The van der Waals surface area contributed by atoms with Crippen molar-refractivity contribution in [2.75, 3.05) is 5.32 Å². The molecule has 0 aromatic carbocycles. The summed E-state index contributed by atoms with van der Waals surface area (Å²) in [5.41, 5.74) is 0.696. The standard InChI is InChI=1S/C12H16N4O2/c1-7(2)5-9(12(17)18)16-11-8-3-4-13-10(8)14-6-15-11/h3-4,6-7,9H,5H2,1-2H3,(H,17,18)(H2,13,14,15,16)/t9-/m0/s1. The van der Waals surface area contributed by atoms with Crippen LogP contribution in [0.1, 0.15) is 20.3 Å². The van der Waals surface area contributed by atoms with Crippen LogP contribution in [0.15, 0.2) is 18.6 Å². The van der Waals surface area contributed by atoms with E-state index in [0.717, 1.165) is 5.39 Å². The van der Waals surface area contributed by atoms with E-state index in [1.54, 1.807) is 6.20 Å². The second-order valence-corrected chi connectivity index (χ2v) is 4.63. The number of hydrogen-bond acceptors (Lipinski definition) is 4. The molecule has 2 rings (SSSR count). The van der Waals surface area contributed by atoms with E-state index in [-0.39, 0.29) is 0 Å². The number of aromatic amines is 1. The van der Waals surface area contributed by atoms with Crippen molar-refractivity contribution in [1.82, 2.24) is 15.0 Å². The number of hydrogen-bond donors (Lipinski definition) is 3. The van der Waals surface area contributed by atoms with E-state index >= 15 is 0 Å². The molecule has 0 amide bonds. The lowest BCUT2D eigenvalue weighted by Crippen LogP contribution is -2.31. The zero-order valence-electron chi connectivity index (χ0n) is 10.3. The van der Waals surface area contributed by atoms with Crippen molar-refractivity contribution in [3.8, 4) is 0 Å². The van der Waals surface area contributed by atoms with Crippen LogP contribution in [0.3, 0.4) is 0 Å². The van der Waals surface area contributed by atoms with Gasteiger partial charge in [0.05, 0.1) is 5.39 Å². The number of aromatic nitrogens is 3. The van der Waals surface area contributed by atoms with Gasteiger partial charge in [-0.1, -0.05) is 13.8 Å². The van der Waals surface area contributed by atoms with Crippen LogP contribution >= 0.6 is 0 Å². The van der Waals surface area contributed by atoms with Gasteiger partial charge in [0.25, 0.3) is 0 Å². The molecule has 1 atom stereocenters. The van der Waals surface area contributed by atoms with Crippen molar-refractivity contribution in [2.24, 2.45) is 5.92 Å². The Balaban J connectivity index is 2.25. The normalized spacial score (nSPS) is 12.8. The highest BCUT2D eigenvalue weighted by Gasteiger charge is 2.20. The molecule has 0 radical (unpaired) electrons. The molecule has 6 nitrogen and oxygen atoms in total. The highest BCUT2D eigenvalue weighted by atomic mass is 16.4. The number of carboxylic acid groups (broad SMARTS) is 1. The van der Waals surface area contributed by atoms with Crippen LogP contribution < -0.4 is 5.32 Å². The van der Waals surface area contributed by atoms with Gasteiger partial charge >= 0.3 is 5.97 Å². The second-order valence-electron chi connectivity index (χ2n) is 4.63. The quantitative estimate of drug-likeness (QED) is 0.751. The molecule has 3 N–H and O–H groups in total. The average Bonchev–Trinajstić information content (AvgIpc) is 2.76. The average molecular weight is 248 g/mol. The van der Waals surface area contributed by atoms with Crippen LogP contribution in [0, 0.1) is 5.92 Å². The van der Waals surface area contributed by atoms with Gasteiger partial charge in [0.2, 0.25) is 0 Å². The lowest BCUT2D eigenvalue weighted by molar-refractivity contribution is -0.138. The maximum atomic E-state index is 11.2. The van der Waals surface area contributed by atoms with Gasteiger partial charge in [-0.3, -0.25) is 0 Å². The summed E-state index contributed by atoms with van der Waals surface area (Å²) in [6, 6.07) is 1.18. The van der Waals surface area contributed by atoms with Crippen LogP contribution in [0.4, 0.5) is 5.82 Å². The summed E-state index contributed by atoms with van der Waals surface area (Å²) in [5, 5.41) is 13.0. The van der Waals surface area contributed by atoms with Gasteiger partial charge in [-0.2, -0.15) is 0 Å². The largest absolute Gasteiger partial charge is 0.480 e. The minimum Gasteiger partial charge on any atom is -0.480 e. The minimum atomic E-state index is -0.869. The van der Waals surface area contributed by atoms with Crippen molar-refractivity contribution >= 4 is 22.8 Å². The predicted octanol–water partition coefficient (Wildman–Crippen LogP) is 1.87. The van der Waals surface area contributed by atoms with Crippen LogP contribution in [-0.2, 0) is 4.79 Å². The molecule has 2 aromatic rings. The Morgan fingerprint density at radius 2 is 2.28 bits per heavy atom. The SMILES string of the molecule is CC(C)C[C@H](Nc1ncnc2[nH]ccc12)C(=O)O. The van der Waals surface area contributed by atoms with Gasteiger partial charge < -0.3 is 15.4 Å². The van der Waals surface area contributed by atoms with Gasteiger partial charge in [0.1, 0.15) is 23.8 Å². The Bertz CT molecular complexity index is 550. The van der Waals surface area contributed by atoms with E-state index < -0.39 is 12.0 Å². The third-order valence-corrected chi connectivity index (χ3v) is 2.67. The summed E-state index contributed by atoms with van der Waals surface area (Å²) in [6.45, 7) is 3.98. The van der Waals surface area contributed by atoms with Gasteiger partial charge in [-0.15, -0.1) is 0 Å². The van der Waals surface area contributed by atoms with Gasteiger partial charge in [-0.05, 0) is 18.4 Å². The van der Waals surface area contributed by atoms with Crippen molar-refractivity contribution in [3.63, 3.8) is 0 Å². The fourth-order valence-corrected chi connectivity index (χ4v) is 1.85. The molecule has 6 heteroatoms. The zero-order valence-corrected chi connectivity index (χ0v) is 10.3. The zero-order chi connectivity index (χ0) is 13.1. The fraction of sp³-hybridized carbons (Fsp3) is 0.417. The highest BCUT2D eigenvalue weighted by molar-refractivity contribution is 5.89. The first-order chi connectivity index (χ1) is 8.58. The summed E-state index contributed by atoms with van der Waals surface area (Å²) >= 11 is 0. The number of nitrogens with zero attached hydrogens (tertiary/aromatic N) is 2. The summed E-state index contributed by atoms with van der Waals surface area (Å²) in [5.74, 6) is -0.0255. The first-order valence-electron chi connectivity index (χ1n) is 5.85. The number of aliphatic carboxylic acids is 1. The molecule has 0 aliphatic rings. The van der Waals surface area contributed by atoms with Crippen molar-refractivity contribution in [3.05, 3.63) is 18.6 Å². The van der Waals surface area contributed by atoms with Crippen LogP contribution in [-0.4, -0.2) is 32.1 Å². The Labute approximate surface area is 104 Å². The molecule has 2 aromatic heterocycles. The lowest BCUT2D eigenvalue weighted by atomic mass is 10.0. The molecule has 96 valence electrons. The Hall–Kier alpha value is -2.11. The first-order valence-corrected chi connectivity index (χ1v) is 5.85. The molecule has 0 bridgehead atoms. The summed E-state index contributed by atoms with van der Waals surface area (Å²) in [7, 11) is 0. The van der Waals surface area contributed by atoms with E-state index in [4.69, 9.17) is 0 Å². The number of H-pyrrole nitrogens is 1. The summed E-state index contributed by atoms with van der Waals surface area (Å²) < 4.78 is 0. The van der Waals surface area contributed by atoms with Gasteiger partial charge in [0.15, 0.2) is 0 Å². The van der Waals surface area contributed by atoms with Crippen molar-refractivity contribution < 1.29 is 9.90 Å². The molecule has 18 heavy (non-hydrogen) atoms. The maximum Gasteiger partial charge on any atom is 0.326 e. The number of nitrogens with one attached hydrogen (secondary N) is 2. The van der Waals surface area contributed by atoms with E-state index in [1.165, 1.54) is 6.33 Å². The van der Waals surface area contributed by atoms with Gasteiger partial charge in [-0.25, -0.2) is 14.8 Å². The van der Waals surface area contributed by atoms with E-state index in [2.05, 4.69) is 20.3 Å². The second kappa shape index (κ2) is 5.03. The number of anilines is 1. The lowest BCUT2D eigenvalue weighted by Gasteiger charge is -2.17. The molecule has 0 aliphatic heterocycles. The monoisotopic (exact) mass is 248 g/mol. The highest BCUT2D eigenvalue weighted by Crippen LogP contribution is 2.19. The van der Waals surface area contributed by atoms with E-state index in [1.807, 2.05) is 19.9 Å². The number of carbonyl (C=O) groups is 1. The molecule has 0 unspecified atom stereocenters. The molecular weight excluding hydrogens is 232 g/mol. The molecule has 0 aliphatic carbocycles. The topological polar surface area (TPSA) is 90.9 Å². The fourth-order valence-electron chi connectivity index (χ4n) is 1.85. The molecule has 0 fully saturated rings. The smallest absolute Gasteiger partial charge is 0.326 e. The third-order valence-electron chi connectivity index (χ3n) is 2.67. The molecule has 0 saturated carbocycles. The molecule has 2 heterocycles. The van der Waals surface area contributed by atoms with Crippen molar-refractivity contribution in [1.29, 1.82) is 0 Å². The van der Waals surface area contributed by atoms with Gasteiger partial charge in [0, 0.05) is 6.20 Å². The Kier molecular flexibility index (Phi) is 3.45. The first kappa shape index (κ1) is 12.3. The van der Waals surface area contributed by atoms with E-state index in [0.29, 0.717) is 23.8 Å². The van der Waals surface area contributed by atoms with Crippen molar-refractivity contribution in [2.45, 2.75) is 26.3 Å². The predicted molar refractivity (Wildman–Crippen MR) is 68.4 cm³/mol. The van der Waals surface area contributed by atoms with Crippen LogP contribution in [0.5, 0.6) is 0 Å². The van der Waals surface area contributed by atoms with Crippen LogP contribution in [0.2, 0.25) is 0 Å². The molecule has 0 saturated heterocycles. The minimum absolute atomic E-state index is 0.294. The third kappa shape index (κ3) is 2.58. The maximum absolute atomic E-state index is 11.2. The number of carboxylic acids is 1. The van der Waals surface area contributed by atoms with Crippen LogP contribution in [0.25, 0.3) is 11.0 Å². The Morgan fingerprint density at radius 1 is 1.50 bits per heavy atom. The Morgan fingerprint density at radius 3 is 2.94 bits per heavy atom. The summed E-state index contributed by atoms with van der Waals surface area (Å²) in [4.78, 5) is 22.3. The number of rotatable bonds is 5. The summed E-state index contributed by atoms with van der Waals surface area (Å²) in [6.07, 6.45) is 3.71. The molecular formula is C12H16N4O2. The van der Waals surface area contributed by atoms with E-state index in [9.17, 15) is 9.90 Å².